The van der Waals surface area contributed by atoms with Crippen molar-refractivity contribution in [3.8, 4) is 0 Å². The summed E-state index contributed by atoms with van der Waals surface area (Å²) in [6.45, 7) is 4.26. The van der Waals surface area contributed by atoms with Gasteiger partial charge in [-0.15, -0.1) is 0 Å². The first-order chi connectivity index (χ1) is 12.7. The number of Topliss-reactive ketones (excluding diaryl/α,β-unsaturated/α-hetero) is 1. The highest BCUT2D eigenvalue weighted by atomic mass is 16.2. The first-order valence-electron chi connectivity index (χ1n) is 10.1. The van der Waals surface area contributed by atoms with Crippen LogP contribution in [0.2, 0.25) is 0 Å². The molecule has 4 nitrogen and oxygen atoms in total. The van der Waals surface area contributed by atoms with Gasteiger partial charge in [-0.05, 0) is 63.3 Å². The molecule has 0 radical (unpaired) electrons. The van der Waals surface area contributed by atoms with Crippen molar-refractivity contribution in [2.45, 2.75) is 44.6 Å². The summed E-state index contributed by atoms with van der Waals surface area (Å²) in [4.78, 5) is 29.2. The van der Waals surface area contributed by atoms with E-state index in [9.17, 15) is 9.59 Å². The number of benzene rings is 1. The van der Waals surface area contributed by atoms with Crippen LogP contribution in [0, 0.1) is 5.92 Å². The van der Waals surface area contributed by atoms with Crippen molar-refractivity contribution < 1.29 is 9.59 Å². The minimum Gasteiger partial charge on any atom is -0.335 e. The van der Waals surface area contributed by atoms with Gasteiger partial charge in [0.15, 0.2) is 5.78 Å². The summed E-state index contributed by atoms with van der Waals surface area (Å²) in [5, 5.41) is 0. The molecule has 0 N–H and O–H groups in total. The van der Waals surface area contributed by atoms with Crippen LogP contribution in [-0.2, 0) is 4.79 Å². The van der Waals surface area contributed by atoms with Crippen LogP contribution in [0.15, 0.2) is 30.3 Å². The van der Waals surface area contributed by atoms with E-state index in [2.05, 4.69) is 4.90 Å². The average molecular weight is 352 g/mol. The summed E-state index contributed by atoms with van der Waals surface area (Å²) in [5.74, 6) is 0.629. The highest BCUT2D eigenvalue weighted by Gasteiger charge is 2.30. The minimum absolute atomic E-state index is 0.116. The standard InChI is InChI=1S/C22H28N2O2/c25-21(24-15-3-4-20(24)16-23-13-1-2-14-23)12-7-17-5-8-18(9-6-17)22(26)19-10-11-19/h5-9,12,19-20H,1-4,10-11,13-16H2/b12-7+. The zero-order chi connectivity index (χ0) is 17.9. The van der Waals surface area contributed by atoms with Gasteiger partial charge >= 0.3 is 0 Å². The maximum Gasteiger partial charge on any atom is 0.246 e. The van der Waals surface area contributed by atoms with Crippen LogP contribution in [-0.4, -0.2) is 53.7 Å². The molecule has 1 unspecified atom stereocenters. The molecule has 4 rings (SSSR count). The van der Waals surface area contributed by atoms with E-state index in [0.29, 0.717) is 6.04 Å². The molecule has 138 valence electrons. The van der Waals surface area contributed by atoms with Crippen molar-refractivity contribution in [1.29, 1.82) is 0 Å². The number of rotatable bonds is 6. The van der Waals surface area contributed by atoms with Crippen molar-refractivity contribution in [3.63, 3.8) is 0 Å². The number of ketones is 1. The molecule has 1 atom stereocenters. The maximum absolute atomic E-state index is 12.6. The first kappa shape index (κ1) is 17.5. The van der Waals surface area contributed by atoms with Crippen molar-refractivity contribution in [1.82, 2.24) is 9.80 Å². The fraction of sp³-hybridized carbons (Fsp3) is 0.545. The number of hydrogen-bond donors (Lipinski definition) is 0. The van der Waals surface area contributed by atoms with Crippen LogP contribution >= 0.6 is 0 Å². The number of hydrogen-bond acceptors (Lipinski definition) is 3. The summed E-state index contributed by atoms with van der Waals surface area (Å²) < 4.78 is 0. The second-order valence-corrected chi connectivity index (χ2v) is 7.93. The SMILES string of the molecule is O=C(c1ccc(/C=C/C(=O)N2CCCC2CN2CCCC2)cc1)C1CC1. The molecule has 3 fully saturated rings. The van der Waals surface area contributed by atoms with Crippen LogP contribution in [0.3, 0.4) is 0 Å². The highest BCUT2D eigenvalue weighted by Crippen LogP contribution is 2.32. The maximum atomic E-state index is 12.6. The van der Waals surface area contributed by atoms with Crippen molar-refractivity contribution in [2.24, 2.45) is 5.92 Å². The lowest BCUT2D eigenvalue weighted by Gasteiger charge is -2.27. The van der Waals surface area contributed by atoms with Crippen LogP contribution in [0.5, 0.6) is 0 Å². The molecule has 2 saturated heterocycles. The van der Waals surface area contributed by atoms with Gasteiger partial charge in [0, 0.05) is 36.7 Å². The van der Waals surface area contributed by atoms with E-state index < -0.39 is 0 Å². The van der Waals surface area contributed by atoms with Gasteiger partial charge in [0.1, 0.15) is 0 Å². The van der Waals surface area contributed by atoms with Crippen LogP contribution < -0.4 is 0 Å². The highest BCUT2D eigenvalue weighted by molar-refractivity contribution is 5.99. The van der Waals surface area contributed by atoms with E-state index in [1.807, 2.05) is 35.2 Å². The summed E-state index contributed by atoms with van der Waals surface area (Å²) in [7, 11) is 0. The third-order valence-electron chi connectivity index (χ3n) is 5.89. The van der Waals surface area contributed by atoms with Gasteiger partial charge in [0.25, 0.3) is 0 Å². The summed E-state index contributed by atoms with van der Waals surface area (Å²) in [5.41, 5.74) is 1.77. The van der Waals surface area contributed by atoms with Crippen molar-refractivity contribution >= 4 is 17.8 Å². The van der Waals surface area contributed by atoms with E-state index in [4.69, 9.17) is 0 Å². The zero-order valence-electron chi connectivity index (χ0n) is 15.4. The monoisotopic (exact) mass is 352 g/mol. The first-order valence-corrected chi connectivity index (χ1v) is 10.1. The normalized spacial score (nSPS) is 23.8. The third-order valence-corrected chi connectivity index (χ3v) is 5.89. The van der Waals surface area contributed by atoms with Gasteiger partial charge in [-0.3, -0.25) is 9.59 Å². The number of nitrogens with zero attached hydrogens (tertiary/aromatic N) is 2. The molecule has 2 heterocycles. The third kappa shape index (κ3) is 4.07. The predicted octanol–water partition coefficient (Wildman–Crippen LogP) is 3.38. The average Bonchev–Trinajstić information content (AvgIpc) is 3.19. The number of carbonyl (C=O) groups is 2. The number of carbonyl (C=O) groups excluding carboxylic acids is 2. The van der Waals surface area contributed by atoms with Gasteiger partial charge in [-0.25, -0.2) is 0 Å². The lowest BCUT2D eigenvalue weighted by Crippen LogP contribution is -2.41. The molecule has 1 aromatic rings. The Morgan fingerprint density at radius 3 is 2.38 bits per heavy atom. The topological polar surface area (TPSA) is 40.6 Å². The summed E-state index contributed by atoms with van der Waals surface area (Å²) >= 11 is 0. The van der Waals surface area contributed by atoms with E-state index in [1.54, 1.807) is 6.08 Å². The Balaban J connectivity index is 1.34. The van der Waals surface area contributed by atoms with E-state index in [-0.39, 0.29) is 17.6 Å². The van der Waals surface area contributed by atoms with Gasteiger partial charge in [0.05, 0.1) is 0 Å². The fourth-order valence-electron chi connectivity index (χ4n) is 4.18. The second kappa shape index (κ2) is 7.75. The molecule has 4 heteroatoms. The van der Waals surface area contributed by atoms with Gasteiger partial charge in [-0.1, -0.05) is 24.3 Å². The Morgan fingerprint density at radius 1 is 0.962 bits per heavy atom. The molecule has 1 saturated carbocycles. The molecule has 26 heavy (non-hydrogen) atoms. The largest absolute Gasteiger partial charge is 0.335 e. The second-order valence-electron chi connectivity index (χ2n) is 7.93. The van der Waals surface area contributed by atoms with Gasteiger partial charge in [-0.2, -0.15) is 0 Å². The predicted molar refractivity (Wildman–Crippen MR) is 103 cm³/mol. The van der Waals surface area contributed by atoms with E-state index in [1.165, 1.54) is 25.9 Å². The Morgan fingerprint density at radius 2 is 1.69 bits per heavy atom. The molecule has 0 aromatic heterocycles. The van der Waals surface area contributed by atoms with E-state index in [0.717, 1.165) is 49.9 Å². The number of likely N-dealkylation sites (tertiary alicyclic amines) is 2. The Labute approximate surface area is 155 Å². The molecular formula is C22H28N2O2. The van der Waals surface area contributed by atoms with Crippen LogP contribution in [0.25, 0.3) is 6.08 Å². The van der Waals surface area contributed by atoms with Crippen LogP contribution in [0.1, 0.15) is 54.4 Å². The molecule has 0 bridgehead atoms. The Hall–Kier alpha value is -1.94. The molecule has 3 aliphatic rings. The lowest BCUT2D eigenvalue weighted by molar-refractivity contribution is -0.127. The van der Waals surface area contributed by atoms with Crippen molar-refractivity contribution in [2.75, 3.05) is 26.2 Å². The molecular weight excluding hydrogens is 324 g/mol. The van der Waals surface area contributed by atoms with Gasteiger partial charge in [0.2, 0.25) is 5.91 Å². The Bertz CT molecular complexity index is 685. The zero-order valence-corrected chi connectivity index (χ0v) is 15.4. The fourth-order valence-corrected chi connectivity index (χ4v) is 4.18. The molecule has 2 aliphatic heterocycles. The van der Waals surface area contributed by atoms with E-state index >= 15 is 0 Å². The molecule has 1 aliphatic carbocycles. The minimum atomic E-state index is 0.116. The van der Waals surface area contributed by atoms with Crippen LogP contribution in [0.4, 0.5) is 0 Å². The molecule has 1 amide bonds. The quantitative estimate of drug-likeness (QED) is 0.582. The Kier molecular flexibility index (Phi) is 5.21. The number of amides is 1. The van der Waals surface area contributed by atoms with Crippen molar-refractivity contribution in [3.05, 3.63) is 41.5 Å². The summed E-state index contributed by atoms with van der Waals surface area (Å²) in [6, 6.07) is 8.01. The lowest BCUT2D eigenvalue weighted by atomic mass is 10.0. The summed E-state index contributed by atoms with van der Waals surface area (Å²) in [6.07, 6.45) is 10.4. The molecule has 0 spiro atoms. The molecule has 1 aromatic carbocycles. The smallest absolute Gasteiger partial charge is 0.246 e. The van der Waals surface area contributed by atoms with Gasteiger partial charge < -0.3 is 9.80 Å².